The summed E-state index contributed by atoms with van der Waals surface area (Å²) in [6.45, 7) is 14.8. The highest BCUT2D eigenvalue weighted by Crippen LogP contribution is 2.36. The van der Waals surface area contributed by atoms with E-state index in [4.69, 9.17) is 9.78 Å². The minimum absolute atomic E-state index is 0.0478. The molecule has 0 amide bonds. The highest BCUT2D eigenvalue weighted by molar-refractivity contribution is 5.36. The van der Waals surface area contributed by atoms with Gasteiger partial charge in [0.15, 0.2) is 0 Å². The Hall–Kier alpha value is -1.64. The maximum atomic E-state index is 5.97. The molecule has 0 aliphatic carbocycles. The molecule has 0 saturated heterocycles. The van der Waals surface area contributed by atoms with Gasteiger partial charge >= 0.3 is 0 Å². The zero-order valence-corrected chi connectivity index (χ0v) is 16.0. The van der Waals surface area contributed by atoms with Crippen LogP contribution in [0.5, 0.6) is 0 Å². The molecule has 0 heterocycles. The second-order valence-corrected chi connectivity index (χ2v) is 8.35. The first-order valence-corrected chi connectivity index (χ1v) is 8.56. The summed E-state index contributed by atoms with van der Waals surface area (Å²) in [4.78, 5) is 11.9. The monoisotopic (exact) mass is 326 g/mol. The molecule has 0 spiro atoms. The molecule has 2 aromatic rings. The first-order chi connectivity index (χ1) is 11.0. The van der Waals surface area contributed by atoms with Crippen molar-refractivity contribution in [3.63, 3.8) is 0 Å². The fourth-order valence-electron chi connectivity index (χ4n) is 2.80. The summed E-state index contributed by atoms with van der Waals surface area (Å²) in [5.74, 6) is 0. The molecular formula is C22H30O2. The summed E-state index contributed by atoms with van der Waals surface area (Å²) in [6, 6.07) is 18.6. The molecular weight excluding hydrogens is 296 g/mol. The summed E-state index contributed by atoms with van der Waals surface area (Å²) >= 11 is 0. The van der Waals surface area contributed by atoms with E-state index in [1.165, 1.54) is 5.56 Å². The van der Waals surface area contributed by atoms with Crippen LogP contribution in [0, 0.1) is 0 Å². The second-order valence-electron chi connectivity index (χ2n) is 8.35. The molecule has 24 heavy (non-hydrogen) atoms. The molecule has 2 rings (SSSR count). The molecule has 130 valence electrons. The van der Waals surface area contributed by atoms with Crippen molar-refractivity contribution in [1.82, 2.24) is 0 Å². The van der Waals surface area contributed by atoms with Crippen LogP contribution in [0.2, 0.25) is 0 Å². The Bertz CT molecular complexity index is 664. The quantitative estimate of drug-likeness (QED) is 0.488. The lowest BCUT2D eigenvalue weighted by Crippen LogP contribution is -2.31. The predicted octanol–water partition coefficient (Wildman–Crippen LogP) is 6.10. The van der Waals surface area contributed by atoms with Crippen molar-refractivity contribution in [3.05, 3.63) is 71.3 Å². The summed E-state index contributed by atoms with van der Waals surface area (Å²) in [7, 11) is 0. The van der Waals surface area contributed by atoms with E-state index in [-0.39, 0.29) is 5.41 Å². The zero-order valence-electron chi connectivity index (χ0n) is 16.0. The Morgan fingerprint density at radius 3 is 1.54 bits per heavy atom. The number of hydrogen-bond donors (Lipinski definition) is 0. The molecule has 0 N–H and O–H groups in total. The van der Waals surface area contributed by atoms with Crippen LogP contribution in [0.3, 0.4) is 0 Å². The SMILES string of the molecule is CC(C)(C)c1ccccc1C(C)(C)OOC(C)(C)c1ccccc1. The van der Waals surface area contributed by atoms with Crippen molar-refractivity contribution in [3.8, 4) is 0 Å². The van der Waals surface area contributed by atoms with Gasteiger partial charge in [0.2, 0.25) is 0 Å². The van der Waals surface area contributed by atoms with Crippen molar-refractivity contribution in [2.75, 3.05) is 0 Å². The van der Waals surface area contributed by atoms with E-state index in [9.17, 15) is 0 Å². The maximum absolute atomic E-state index is 5.97. The molecule has 2 heteroatoms. The van der Waals surface area contributed by atoms with Gasteiger partial charge in [0, 0.05) is 0 Å². The summed E-state index contributed by atoms with van der Waals surface area (Å²) in [5, 5.41) is 0. The molecule has 0 aliphatic heterocycles. The van der Waals surface area contributed by atoms with E-state index >= 15 is 0 Å². The Morgan fingerprint density at radius 2 is 1.00 bits per heavy atom. The van der Waals surface area contributed by atoms with Crippen LogP contribution in [-0.4, -0.2) is 0 Å². The van der Waals surface area contributed by atoms with Crippen molar-refractivity contribution < 1.29 is 9.78 Å². The van der Waals surface area contributed by atoms with E-state index in [0.717, 1.165) is 11.1 Å². The fourth-order valence-corrected chi connectivity index (χ4v) is 2.80. The molecule has 0 aliphatic rings. The lowest BCUT2D eigenvalue weighted by molar-refractivity contribution is -0.410. The topological polar surface area (TPSA) is 18.5 Å². The van der Waals surface area contributed by atoms with E-state index in [2.05, 4.69) is 71.0 Å². The number of hydrogen-bond acceptors (Lipinski definition) is 2. The van der Waals surface area contributed by atoms with Crippen molar-refractivity contribution in [2.45, 2.75) is 65.1 Å². The molecule has 0 fully saturated rings. The van der Waals surface area contributed by atoms with Gasteiger partial charge in [-0.2, -0.15) is 0 Å². The van der Waals surface area contributed by atoms with Gasteiger partial charge in [-0.25, -0.2) is 9.78 Å². The van der Waals surface area contributed by atoms with Crippen molar-refractivity contribution in [1.29, 1.82) is 0 Å². The minimum atomic E-state index is -0.546. The highest BCUT2D eigenvalue weighted by atomic mass is 17.2. The Labute approximate surface area is 146 Å². The van der Waals surface area contributed by atoms with Crippen molar-refractivity contribution in [2.24, 2.45) is 0 Å². The lowest BCUT2D eigenvalue weighted by atomic mass is 9.79. The summed E-state index contributed by atoms with van der Waals surface area (Å²) in [6.07, 6.45) is 0. The molecule has 0 aromatic heterocycles. The third-order valence-electron chi connectivity index (χ3n) is 4.31. The van der Waals surface area contributed by atoms with Crippen LogP contribution < -0.4 is 0 Å². The third-order valence-corrected chi connectivity index (χ3v) is 4.31. The summed E-state index contributed by atoms with van der Waals surface area (Å²) < 4.78 is 0. The Kier molecular flexibility index (Phi) is 5.22. The molecule has 0 saturated carbocycles. The van der Waals surface area contributed by atoms with Crippen molar-refractivity contribution >= 4 is 0 Å². The van der Waals surface area contributed by atoms with E-state index in [1.54, 1.807) is 0 Å². The smallest absolute Gasteiger partial charge is 0.123 e. The number of rotatable bonds is 5. The largest absolute Gasteiger partial charge is 0.225 e. The van der Waals surface area contributed by atoms with Gasteiger partial charge in [0.05, 0.1) is 0 Å². The third kappa shape index (κ3) is 4.25. The molecule has 2 nitrogen and oxygen atoms in total. The molecule has 0 atom stereocenters. The zero-order chi connectivity index (χ0) is 18.0. The van der Waals surface area contributed by atoms with Crippen LogP contribution in [0.4, 0.5) is 0 Å². The van der Waals surface area contributed by atoms with Gasteiger partial charge in [-0.1, -0.05) is 75.4 Å². The standard InChI is InChI=1S/C22H30O2/c1-20(2,3)18-15-11-12-16-19(18)22(6,7)24-23-21(4,5)17-13-9-8-10-14-17/h8-16H,1-7H3. The Morgan fingerprint density at radius 1 is 0.542 bits per heavy atom. The fraction of sp³-hybridized carbons (Fsp3) is 0.455. The van der Waals surface area contributed by atoms with E-state index < -0.39 is 11.2 Å². The normalized spacial score (nSPS) is 13.1. The second kappa shape index (κ2) is 6.70. The van der Waals surface area contributed by atoms with Gasteiger partial charge in [0.25, 0.3) is 0 Å². The van der Waals surface area contributed by atoms with Gasteiger partial charge in [-0.15, -0.1) is 0 Å². The highest BCUT2D eigenvalue weighted by Gasteiger charge is 2.33. The average molecular weight is 326 g/mol. The first-order valence-electron chi connectivity index (χ1n) is 8.56. The molecule has 0 unspecified atom stereocenters. The number of benzene rings is 2. The van der Waals surface area contributed by atoms with E-state index in [0.29, 0.717) is 0 Å². The lowest BCUT2D eigenvalue weighted by Gasteiger charge is -2.34. The van der Waals surface area contributed by atoms with Gasteiger partial charge < -0.3 is 0 Å². The van der Waals surface area contributed by atoms with Gasteiger partial charge in [-0.3, -0.25) is 0 Å². The van der Waals surface area contributed by atoms with Gasteiger partial charge in [-0.05, 0) is 49.8 Å². The van der Waals surface area contributed by atoms with Crippen LogP contribution in [-0.2, 0) is 26.4 Å². The average Bonchev–Trinajstić information content (AvgIpc) is 2.53. The predicted molar refractivity (Wildman–Crippen MR) is 99.8 cm³/mol. The van der Waals surface area contributed by atoms with Crippen LogP contribution in [0.25, 0.3) is 0 Å². The summed E-state index contributed by atoms with van der Waals surface area (Å²) in [5.41, 5.74) is 2.50. The Balaban J connectivity index is 2.24. The molecule has 0 bridgehead atoms. The first kappa shape index (κ1) is 18.7. The maximum Gasteiger partial charge on any atom is 0.123 e. The van der Waals surface area contributed by atoms with Crippen LogP contribution in [0.15, 0.2) is 54.6 Å². The van der Waals surface area contributed by atoms with Gasteiger partial charge in [0.1, 0.15) is 11.2 Å². The van der Waals surface area contributed by atoms with E-state index in [1.807, 2.05) is 32.0 Å². The molecule has 2 aromatic carbocycles. The molecule has 0 radical (unpaired) electrons. The van der Waals surface area contributed by atoms with Crippen LogP contribution >= 0.6 is 0 Å². The minimum Gasteiger partial charge on any atom is -0.225 e. The van der Waals surface area contributed by atoms with Crippen LogP contribution in [0.1, 0.15) is 65.2 Å².